The quantitative estimate of drug-likeness (QED) is 0.596. The molecule has 0 saturated heterocycles. The van der Waals surface area contributed by atoms with Gasteiger partial charge in [-0.3, -0.25) is 9.59 Å². The number of hydrogen-bond donors (Lipinski definition) is 2. The van der Waals surface area contributed by atoms with Crippen LogP contribution in [0.25, 0.3) is 0 Å². The van der Waals surface area contributed by atoms with Crippen molar-refractivity contribution in [2.45, 2.75) is 71.0 Å². The van der Waals surface area contributed by atoms with Gasteiger partial charge in [0.05, 0.1) is 0 Å². The molecule has 0 aromatic heterocycles. The van der Waals surface area contributed by atoms with Gasteiger partial charge >= 0.3 is 11.9 Å². The number of esters is 2. The highest BCUT2D eigenvalue weighted by Gasteiger charge is 2.61. The Labute approximate surface area is 164 Å². The van der Waals surface area contributed by atoms with Crippen molar-refractivity contribution in [2.75, 3.05) is 0 Å². The molecule has 3 aliphatic rings. The molecule has 1 aromatic rings. The number of phenolic OH excluding ortho intramolecular Hbond substituents is 2. The summed E-state index contributed by atoms with van der Waals surface area (Å²) in [6, 6.07) is 3.51. The fourth-order valence-corrected chi connectivity index (χ4v) is 6.29. The van der Waals surface area contributed by atoms with Crippen molar-refractivity contribution in [2.24, 2.45) is 17.3 Å². The van der Waals surface area contributed by atoms with E-state index in [1.165, 1.54) is 13.8 Å². The first kappa shape index (κ1) is 19.1. The normalized spacial score (nSPS) is 36.0. The molecule has 2 fully saturated rings. The molecule has 6 nitrogen and oxygen atoms in total. The zero-order chi connectivity index (χ0) is 20.2. The number of ether oxygens (including phenoxy) is 2. The van der Waals surface area contributed by atoms with Crippen LogP contribution < -0.4 is 0 Å². The average Bonchev–Trinajstić information content (AvgIpc) is 2.89. The first-order chi connectivity index (χ1) is 13.2. The van der Waals surface area contributed by atoms with Crippen molar-refractivity contribution in [1.82, 2.24) is 0 Å². The Morgan fingerprint density at radius 1 is 1.11 bits per heavy atom. The predicted octanol–water partition coefficient (Wildman–Crippen LogP) is 3.43. The molecule has 0 bridgehead atoms. The van der Waals surface area contributed by atoms with Gasteiger partial charge in [-0.05, 0) is 61.5 Å². The summed E-state index contributed by atoms with van der Waals surface area (Å²) in [6.07, 6.45) is 3.23. The van der Waals surface area contributed by atoms with Crippen LogP contribution in [0.2, 0.25) is 0 Å². The molecular formula is C22H28O6. The molecule has 4 rings (SSSR count). The van der Waals surface area contributed by atoms with Gasteiger partial charge in [-0.25, -0.2) is 0 Å². The van der Waals surface area contributed by atoms with E-state index in [4.69, 9.17) is 9.47 Å². The summed E-state index contributed by atoms with van der Waals surface area (Å²) >= 11 is 0. The molecule has 0 spiro atoms. The number of rotatable bonds is 2. The van der Waals surface area contributed by atoms with Crippen molar-refractivity contribution >= 4 is 11.9 Å². The first-order valence-electron chi connectivity index (χ1n) is 10.1. The van der Waals surface area contributed by atoms with Crippen LogP contribution in [0.3, 0.4) is 0 Å². The van der Waals surface area contributed by atoms with Crippen molar-refractivity contribution in [3.63, 3.8) is 0 Å². The molecule has 2 N–H and O–H groups in total. The molecule has 2 saturated carbocycles. The minimum Gasteiger partial charge on any atom is -0.504 e. The molecule has 6 heteroatoms. The molecule has 28 heavy (non-hydrogen) atoms. The molecule has 0 unspecified atom stereocenters. The largest absolute Gasteiger partial charge is 0.504 e. The minimum absolute atomic E-state index is 0.00582. The number of benzene rings is 1. The number of phenols is 2. The SMILES string of the molecule is CC(=O)O[C@@H]1C[C@H]2[C@@H]3CCc4c(ccc(O)c4O)[C@H]3CC[C@]2(C)[C@H]1OC(C)=O. The van der Waals surface area contributed by atoms with Gasteiger partial charge in [0, 0.05) is 24.8 Å². The summed E-state index contributed by atoms with van der Waals surface area (Å²) in [5, 5.41) is 20.1. The van der Waals surface area contributed by atoms with Crippen molar-refractivity contribution < 1.29 is 29.3 Å². The zero-order valence-electron chi connectivity index (χ0n) is 16.6. The average molecular weight is 388 g/mol. The first-order valence-corrected chi connectivity index (χ1v) is 10.1. The number of carbonyl (C=O) groups is 2. The third kappa shape index (κ3) is 2.85. The van der Waals surface area contributed by atoms with Crippen molar-refractivity contribution in [1.29, 1.82) is 0 Å². The smallest absolute Gasteiger partial charge is 0.303 e. The van der Waals surface area contributed by atoms with Gasteiger partial charge in [-0.2, -0.15) is 0 Å². The predicted molar refractivity (Wildman–Crippen MR) is 101 cm³/mol. The number of hydrogen-bond acceptors (Lipinski definition) is 6. The fourth-order valence-electron chi connectivity index (χ4n) is 6.29. The number of fused-ring (bicyclic) bond motifs is 5. The van der Waals surface area contributed by atoms with Gasteiger partial charge in [-0.1, -0.05) is 13.0 Å². The Hall–Kier alpha value is -2.24. The Balaban J connectivity index is 1.68. The van der Waals surface area contributed by atoms with Gasteiger partial charge in [-0.15, -0.1) is 0 Å². The fraction of sp³-hybridized carbons (Fsp3) is 0.636. The molecule has 3 aliphatic carbocycles. The second-order valence-electron chi connectivity index (χ2n) is 8.87. The highest BCUT2D eigenvalue weighted by atomic mass is 16.6. The molecule has 6 atom stereocenters. The molecule has 0 aliphatic heterocycles. The van der Waals surface area contributed by atoms with Crippen LogP contribution in [0.1, 0.15) is 63.5 Å². The maximum atomic E-state index is 11.7. The Bertz CT molecular complexity index is 817. The van der Waals surface area contributed by atoms with Crippen LogP contribution in [0, 0.1) is 17.3 Å². The summed E-state index contributed by atoms with van der Waals surface area (Å²) in [7, 11) is 0. The highest BCUT2D eigenvalue weighted by Crippen LogP contribution is 2.62. The monoisotopic (exact) mass is 388 g/mol. The Morgan fingerprint density at radius 3 is 2.50 bits per heavy atom. The molecule has 0 heterocycles. The van der Waals surface area contributed by atoms with Gasteiger partial charge < -0.3 is 19.7 Å². The van der Waals surface area contributed by atoms with Crippen molar-refractivity contribution in [3.05, 3.63) is 23.3 Å². The standard InChI is InChI=1S/C22H28O6/c1-11(23)27-19-10-17-15-4-5-16-13(6-7-18(25)20(16)26)14(15)8-9-22(17,3)21(19)28-12(2)24/h6-7,14-15,17,19,21,25-26H,4-5,8-10H2,1-3H3/t14-,15-,17+,19-,21+,22+/m1/s1. The van der Waals surface area contributed by atoms with Gasteiger partial charge in [0.2, 0.25) is 0 Å². The summed E-state index contributed by atoms with van der Waals surface area (Å²) in [4.78, 5) is 23.4. The van der Waals surface area contributed by atoms with Crippen LogP contribution in [-0.2, 0) is 25.5 Å². The van der Waals surface area contributed by atoms with E-state index in [1.807, 2.05) is 6.07 Å². The minimum atomic E-state index is -0.422. The third-order valence-corrected chi connectivity index (χ3v) is 7.38. The number of carbonyl (C=O) groups excluding carboxylic acids is 2. The van der Waals surface area contributed by atoms with E-state index in [1.54, 1.807) is 6.07 Å². The van der Waals surface area contributed by atoms with Crippen LogP contribution >= 0.6 is 0 Å². The van der Waals surface area contributed by atoms with E-state index in [0.717, 1.165) is 30.4 Å². The van der Waals surface area contributed by atoms with E-state index in [9.17, 15) is 19.8 Å². The summed E-state index contributed by atoms with van der Waals surface area (Å²) in [5.41, 5.74) is 1.74. The summed E-state index contributed by atoms with van der Waals surface area (Å²) < 4.78 is 11.3. The lowest BCUT2D eigenvalue weighted by molar-refractivity contribution is -0.171. The molecule has 152 valence electrons. The lowest BCUT2D eigenvalue weighted by atomic mass is 9.55. The lowest BCUT2D eigenvalue weighted by Crippen LogP contribution is -2.46. The van der Waals surface area contributed by atoms with Crippen LogP contribution in [0.5, 0.6) is 11.5 Å². The summed E-state index contributed by atoms with van der Waals surface area (Å²) in [6.45, 7) is 4.96. The van der Waals surface area contributed by atoms with E-state index in [0.29, 0.717) is 24.7 Å². The molecule has 0 radical (unpaired) electrons. The topological polar surface area (TPSA) is 93.1 Å². The van der Waals surface area contributed by atoms with Gasteiger partial charge in [0.1, 0.15) is 12.2 Å². The third-order valence-electron chi connectivity index (χ3n) is 7.38. The van der Waals surface area contributed by atoms with Crippen LogP contribution in [0.15, 0.2) is 12.1 Å². The Kier molecular flexibility index (Phi) is 4.55. The molecular weight excluding hydrogens is 360 g/mol. The van der Waals surface area contributed by atoms with E-state index >= 15 is 0 Å². The van der Waals surface area contributed by atoms with Crippen molar-refractivity contribution in [3.8, 4) is 11.5 Å². The van der Waals surface area contributed by atoms with Crippen LogP contribution in [-0.4, -0.2) is 34.4 Å². The van der Waals surface area contributed by atoms with Gasteiger partial charge in [0.15, 0.2) is 11.5 Å². The van der Waals surface area contributed by atoms with E-state index in [-0.39, 0.29) is 34.8 Å². The molecule has 1 aromatic carbocycles. The molecule has 0 amide bonds. The number of aromatic hydroxyl groups is 2. The van der Waals surface area contributed by atoms with Crippen LogP contribution in [0.4, 0.5) is 0 Å². The second kappa shape index (κ2) is 6.68. The maximum absolute atomic E-state index is 11.7. The summed E-state index contributed by atoms with van der Waals surface area (Å²) in [5.74, 6) is 0.172. The second-order valence-corrected chi connectivity index (χ2v) is 8.87. The van der Waals surface area contributed by atoms with Gasteiger partial charge in [0.25, 0.3) is 0 Å². The van der Waals surface area contributed by atoms with E-state index < -0.39 is 12.2 Å². The zero-order valence-corrected chi connectivity index (χ0v) is 16.6. The lowest BCUT2D eigenvalue weighted by Gasteiger charge is -2.50. The Morgan fingerprint density at radius 2 is 1.82 bits per heavy atom. The maximum Gasteiger partial charge on any atom is 0.303 e. The van der Waals surface area contributed by atoms with E-state index in [2.05, 4.69) is 6.92 Å². The highest BCUT2D eigenvalue weighted by molar-refractivity contribution is 5.67.